The second-order valence-corrected chi connectivity index (χ2v) is 5.22. The first-order valence-corrected chi connectivity index (χ1v) is 6.28. The molecule has 0 N–H and O–H groups in total. The van der Waals surface area contributed by atoms with E-state index in [0.717, 1.165) is 12.0 Å². The summed E-state index contributed by atoms with van der Waals surface area (Å²) < 4.78 is 11.8. The van der Waals surface area contributed by atoms with E-state index >= 15 is 0 Å². The molecule has 0 aliphatic carbocycles. The lowest BCUT2D eigenvalue weighted by Gasteiger charge is -2.08. The minimum atomic E-state index is -0.919. The van der Waals surface area contributed by atoms with Gasteiger partial charge in [0.05, 0.1) is 5.75 Å². The van der Waals surface area contributed by atoms with Gasteiger partial charge in [-0.05, 0) is 12.5 Å². The minimum Gasteiger partial charge on any atom is -0.259 e. The maximum Gasteiger partial charge on any atom is 0.144 e. The molecular formula is C11H14N2OS. The van der Waals surface area contributed by atoms with Gasteiger partial charge in [-0.3, -0.25) is 4.21 Å². The van der Waals surface area contributed by atoms with Crippen molar-refractivity contribution in [3.05, 3.63) is 29.6 Å². The molecule has 0 bridgehead atoms. The van der Waals surface area contributed by atoms with Crippen molar-refractivity contribution in [1.29, 1.82) is 5.26 Å². The smallest absolute Gasteiger partial charge is 0.144 e. The summed E-state index contributed by atoms with van der Waals surface area (Å²) in [4.78, 5) is 3.94. The topological polar surface area (TPSA) is 53.8 Å². The van der Waals surface area contributed by atoms with Crippen LogP contribution in [0.2, 0.25) is 0 Å². The van der Waals surface area contributed by atoms with Crippen LogP contribution in [0.4, 0.5) is 0 Å². The van der Waals surface area contributed by atoms with Crippen molar-refractivity contribution in [1.82, 2.24) is 4.98 Å². The van der Waals surface area contributed by atoms with E-state index in [1.54, 1.807) is 12.3 Å². The molecule has 1 aromatic rings. The van der Waals surface area contributed by atoms with Crippen LogP contribution in [-0.2, 0) is 16.6 Å². The zero-order valence-electron chi connectivity index (χ0n) is 8.93. The molecule has 0 amide bonds. The summed E-state index contributed by atoms with van der Waals surface area (Å²) in [5.74, 6) is 0.422. The Morgan fingerprint density at radius 3 is 3.00 bits per heavy atom. The van der Waals surface area contributed by atoms with Crippen molar-refractivity contribution >= 4 is 10.8 Å². The number of hydrogen-bond acceptors (Lipinski definition) is 3. The van der Waals surface area contributed by atoms with E-state index in [1.165, 1.54) is 0 Å². The highest BCUT2D eigenvalue weighted by atomic mass is 32.2. The number of nitrogens with zero attached hydrogens (tertiary/aromatic N) is 2. The molecule has 0 fully saturated rings. The lowest BCUT2D eigenvalue weighted by Crippen LogP contribution is -2.12. The highest BCUT2D eigenvalue weighted by Gasteiger charge is 2.12. The van der Waals surface area contributed by atoms with Gasteiger partial charge >= 0.3 is 0 Å². The van der Waals surface area contributed by atoms with Crippen molar-refractivity contribution in [3.8, 4) is 6.07 Å². The molecule has 80 valence electrons. The van der Waals surface area contributed by atoms with E-state index in [0.29, 0.717) is 11.4 Å². The zero-order valence-corrected chi connectivity index (χ0v) is 9.75. The standard InChI is InChI=1S/C11H14N2OS/c1-3-9(2)15(14)8-10-5-4-6-13-11(10)7-12/h4-6,9H,3,8H2,1-2H3. The SMILES string of the molecule is CCC(C)S(=O)Cc1cccnc1C#N. The molecule has 0 aromatic carbocycles. The van der Waals surface area contributed by atoms with Gasteiger partial charge in [0, 0.05) is 27.8 Å². The van der Waals surface area contributed by atoms with E-state index in [-0.39, 0.29) is 5.25 Å². The third kappa shape index (κ3) is 3.14. The highest BCUT2D eigenvalue weighted by molar-refractivity contribution is 7.84. The Kier molecular flexibility index (Phi) is 4.44. The summed E-state index contributed by atoms with van der Waals surface area (Å²) in [5, 5.41) is 8.98. The first-order chi connectivity index (χ1) is 7.19. The molecule has 1 heterocycles. The maximum absolute atomic E-state index is 11.8. The molecule has 4 heteroatoms. The highest BCUT2D eigenvalue weighted by Crippen LogP contribution is 2.11. The monoisotopic (exact) mass is 222 g/mol. The number of nitriles is 1. The number of rotatable bonds is 4. The molecule has 0 spiro atoms. The lowest BCUT2D eigenvalue weighted by atomic mass is 10.2. The molecule has 15 heavy (non-hydrogen) atoms. The maximum atomic E-state index is 11.8. The van der Waals surface area contributed by atoms with Crippen LogP contribution in [0.3, 0.4) is 0 Å². The van der Waals surface area contributed by atoms with Crippen molar-refractivity contribution < 1.29 is 4.21 Å². The molecule has 2 unspecified atom stereocenters. The average molecular weight is 222 g/mol. The Bertz CT molecular complexity index is 398. The second-order valence-electron chi connectivity index (χ2n) is 3.37. The summed E-state index contributed by atoms with van der Waals surface area (Å²) in [6.07, 6.45) is 2.46. The summed E-state index contributed by atoms with van der Waals surface area (Å²) in [6.45, 7) is 3.97. The molecule has 0 aliphatic rings. The first-order valence-electron chi connectivity index (χ1n) is 4.90. The van der Waals surface area contributed by atoms with Crippen molar-refractivity contribution in [3.63, 3.8) is 0 Å². The Labute approximate surface area is 92.6 Å². The molecule has 0 saturated heterocycles. The first kappa shape index (κ1) is 11.9. The van der Waals surface area contributed by atoms with Crippen molar-refractivity contribution in [2.45, 2.75) is 31.3 Å². The molecular weight excluding hydrogens is 208 g/mol. The Balaban J connectivity index is 2.81. The van der Waals surface area contributed by atoms with E-state index in [9.17, 15) is 4.21 Å². The van der Waals surface area contributed by atoms with Gasteiger partial charge in [0.2, 0.25) is 0 Å². The molecule has 0 radical (unpaired) electrons. The van der Waals surface area contributed by atoms with Crippen molar-refractivity contribution in [2.24, 2.45) is 0 Å². The molecule has 2 atom stereocenters. The lowest BCUT2D eigenvalue weighted by molar-refractivity contribution is 0.669. The summed E-state index contributed by atoms with van der Waals surface area (Å²) in [6, 6.07) is 5.59. The normalized spacial score (nSPS) is 14.2. The number of aromatic nitrogens is 1. The Morgan fingerprint density at radius 1 is 1.67 bits per heavy atom. The van der Waals surface area contributed by atoms with E-state index in [4.69, 9.17) is 5.26 Å². The zero-order chi connectivity index (χ0) is 11.3. The predicted molar refractivity (Wildman–Crippen MR) is 60.6 cm³/mol. The fraction of sp³-hybridized carbons (Fsp3) is 0.455. The molecule has 1 rings (SSSR count). The van der Waals surface area contributed by atoms with E-state index < -0.39 is 10.8 Å². The van der Waals surface area contributed by atoms with Gasteiger partial charge in [-0.1, -0.05) is 19.9 Å². The summed E-state index contributed by atoms with van der Waals surface area (Å²) >= 11 is 0. The van der Waals surface area contributed by atoms with Gasteiger partial charge in [-0.25, -0.2) is 4.98 Å². The van der Waals surface area contributed by atoms with E-state index in [2.05, 4.69) is 4.98 Å². The van der Waals surface area contributed by atoms with Crippen LogP contribution in [0, 0.1) is 11.3 Å². The summed E-state index contributed by atoms with van der Waals surface area (Å²) in [5.41, 5.74) is 1.16. The van der Waals surface area contributed by atoms with Gasteiger partial charge < -0.3 is 0 Å². The van der Waals surface area contributed by atoms with Gasteiger partial charge in [0.25, 0.3) is 0 Å². The van der Waals surface area contributed by atoms with Gasteiger partial charge in [-0.15, -0.1) is 0 Å². The third-order valence-electron chi connectivity index (χ3n) is 2.32. The Morgan fingerprint density at radius 2 is 2.40 bits per heavy atom. The Hall–Kier alpha value is -1.21. The average Bonchev–Trinajstić information content (AvgIpc) is 2.28. The molecule has 1 aromatic heterocycles. The van der Waals surface area contributed by atoms with Crippen LogP contribution >= 0.6 is 0 Å². The predicted octanol–water partition coefficient (Wildman–Crippen LogP) is 2.00. The molecule has 3 nitrogen and oxygen atoms in total. The number of pyridine rings is 1. The number of hydrogen-bond donors (Lipinski definition) is 0. The van der Waals surface area contributed by atoms with E-state index in [1.807, 2.05) is 26.0 Å². The quantitative estimate of drug-likeness (QED) is 0.783. The van der Waals surface area contributed by atoms with Crippen LogP contribution in [0.15, 0.2) is 18.3 Å². The van der Waals surface area contributed by atoms with Crippen LogP contribution in [-0.4, -0.2) is 14.4 Å². The van der Waals surface area contributed by atoms with Gasteiger partial charge in [-0.2, -0.15) is 5.26 Å². The van der Waals surface area contributed by atoms with Crippen LogP contribution < -0.4 is 0 Å². The third-order valence-corrected chi connectivity index (χ3v) is 4.15. The molecule has 0 saturated carbocycles. The van der Waals surface area contributed by atoms with Crippen molar-refractivity contribution in [2.75, 3.05) is 0 Å². The fourth-order valence-electron chi connectivity index (χ4n) is 1.14. The van der Waals surface area contributed by atoms with Gasteiger partial charge in [0.1, 0.15) is 11.8 Å². The minimum absolute atomic E-state index is 0.164. The van der Waals surface area contributed by atoms with Gasteiger partial charge in [0.15, 0.2) is 0 Å². The summed E-state index contributed by atoms with van der Waals surface area (Å²) in [7, 11) is -0.919. The van der Waals surface area contributed by atoms with Crippen LogP contribution in [0.25, 0.3) is 0 Å². The fourth-order valence-corrected chi connectivity index (χ4v) is 2.33. The second kappa shape index (κ2) is 5.62. The van der Waals surface area contributed by atoms with Crippen LogP contribution in [0.1, 0.15) is 31.5 Å². The molecule has 0 aliphatic heterocycles. The van der Waals surface area contributed by atoms with Crippen LogP contribution in [0.5, 0.6) is 0 Å². The largest absolute Gasteiger partial charge is 0.259 e.